The summed E-state index contributed by atoms with van der Waals surface area (Å²) in [6.45, 7) is 4.64. The first kappa shape index (κ1) is 14.8. The molecule has 0 unspecified atom stereocenters. The van der Waals surface area contributed by atoms with Gasteiger partial charge in [0.15, 0.2) is 0 Å². The Morgan fingerprint density at radius 2 is 1.95 bits per heavy atom. The summed E-state index contributed by atoms with van der Waals surface area (Å²) in [7, 11) is -0.937. The van der Waals surface area contributed by atoms with Crippen molar-refractivity contribution in [2.45, 2.75) is 26.4 Å². The number of carbonyl (C=O) groups excluding carboxylic acids is 1. The van der Waals surface area contributed by atoms with Crippen LogP contribution in [0.3, 0.4) is 0 Å². The number of hydrogen-bond acceptors (Lipinski definition) is 3. The SMILES string of the molecule is CC(C)c1ccc(NC(=O)c2ccc3c(c2)B(O)OC3)cc1. The van der Waals surface area contributed by atoms with Crippen molar-refractivity contribution in [1.82, 2.24) is 0 Å². The van der Waals surface area contributed by atoms with E-state index < -0.39 is 7.12 Å². The molecule has 5 heteroatoms. The predicted octanol–water partition coefficient (Wildman–Crippen LogP) is 2.28. The van der Waals surface area contributed by atoms with Crippen LogP contribution in [-0.2, 0) is 11.3 Å². The Kier molecular flexibility index (Phi) is 4.01. The number of nitrogens with one attached hydrogen (secondary N) is 1. The summed E-state index contributed by atoms with van der Waals surface area (Å²) in [6, 6.07) is 13.1. The van der Waals surface area contributed by atoms with Crippen molar-refractivity contribution < 1.29 is 14.5 Å². The van der Waals surface area contributed by atoms with Crippen molar-refractivity contribution in [3.63, 3.8) is 0 Å². The molecule has 0 saturated carbocycles. The van der Waals surface area contributed by atoms with Crippen molar-refractivity contribution in [2.24, 2.45) is 0 Å². The predicted molar refractivity (Wildman–Crippen MR) is 87.3 cm³/mol. The van der Waals surface area contributed by atoms with Crippen molar-refractivity contribution >= 4 is 24.2 Å². The van der Waals surface area contributed by atoms with Gasteiger partial charge in [0.05, 0.1) is 6.61 Å². The largest absolute Gasteiger partial charge is 0.491 e. The zero-order valence-electron chi connectivity index (χ0n) is 12.7. The van der Waals surface area contributed by atoms with Crippen LogP contribution in [0.1, 0.15) is 41.3 Å². The molecule has 22 heavy (non-hydrogen) atoms. The van der Waals surface area contributed by atoms with Gasteiger partial charge in [0.2, 0.25) is 0 Å². The second kappa shape index (κ2) is 5.95. The lowest BCUT2D eigenvalue weighted by molar-refractivity contribution is 0.102. The van der Waals surface area contributed by atoms with Gasteiger partial charge in [0.25, 0.3) is 5.91 Å². The van der Waals surface area contributed by atoms with Crippen LogP contribution in [0.2, 0.25) is 0 Å². The van der Waals surface area contributed by atoms with E-state index in [2.05, 4.69) is 19.2 Å². The third-order valence-corrected chi connectivity index (χ3v) is 3.91. The summed E-state index contributed by atoms with van der Waals surface area (Å²) < 4.78 is 5.14. The summed E-state index contributed by atoms with van der Waals surface area (Å²) in [5.74, 6) is 0.266. The first-order valence-electron chi connectivity index (χ1n) is 7.38. The quantitative estimate of drug-likeness (QED) is 0.854. The number of anilines is 1. The van der Waals surface area contributed by atoms with Crippen molar-refractivity contribution in [3.8, 4) is 0 Å². The van der Waals surface area contributed by atoms with Gasteiger partial charge < -0.3 is 15.0 Å². The summed E-state index contributed by atoms with van der Waals surface area (Å²) >= 11 is 0. The lowest BCUT2D eigenvalue weighted by atomic mass is 9.79. The Morgan fingerprint density at radius 1 is 1.23 bits per heavy atom. The van der Waals surface area contributed by atoms with E-state index in [0.717, 1.165) is 11.3 Å². The molecular formula is C17H18BNO3. The lowest BCUT2D eigenvalue weighted by Crippen LogP contribution is -2.29. The van der Waals surface area contributed by atoms with Crippen LogP contribution < -0.4 is 10.8 Å². The molecule has 2 aromatic rings. The number of fused-ring (bicyclic) bond motifs is 1. The van der Waals surface area contributed by atoms with E-state index in [0.29, 0.717) is 23.6 Å². The fourth-order valence-corrected chi connectivity index (χ4v) is 2.51. The normalized spacial score (nSPS) is 13.4. The minimum Gasteiger partial charge on any atom is -0.423 e. The number of rotatable bonds is 3. The molecule has 4 nitrogen and oxygen atoms in total. The standard InChI is InChI=1S/C17H18BNO3/c1-11(2)12-5-7-15(8-6-12)19-17(20)13-3-4-14-10-22-18(21)16(14)9-13/h3-9,11,21H,10H2,1-2H3,(H,19,20). The van der Waals surface area contributed by atoms with E-state index in [9.17, 15) is 9.82 Å². The van der Waals surface area contributed by atoms with Gasteiger partial charge in [-0.05, 0) is 46.8 Å². The summed E-state index contributed by atoms with van der Waals surface area (Å²) in [5, 5.41) is 12.6. The number of hydrogen-bond donors (Lipinski definition) is 2. The third kappa shape index (κ3) is 2.91. The molecule has 0 atom stereocenters. The molecule has 0 aromatic heterocycles. The maximum atomic E-state index is 12.3. The van der Waals surface area contributed by atoms with E-state index in [-0.39, 0.29) is 5.91 Å². The number of carbonyl (C=O) groups is 1. The first-order valence-corrected chi connectivity index (χ1v) is 7.38. The smallest absolute Gasteiger partial charge is 0.423 e. The van der Waals surface area contributed by atoms with Gasteiger partial charge in [0.1, 0.15) is 0 Å². The molecule has 2 N–H and O–H groups in total. The van der Waals surface area contributed by atoms with Gasteiger partial charge in [-0.25, -0.2) is 0 Å². The van der Waals surface area contributed by atoms with Crippen LogP contribution >= 0.6 is 0 Å². The molecule has 2 aromatic carbocycles. The Bertz CT molecular complexity index is 698. The zero-order valence-corrected chi connectivity index (χ0v) is 12.7. The maximum Gasteiger partial charge on any atom is 0.491 e. The second-order valence-corrected chi connectivity index (χ2v) is 5.81. The van der Waals surface area contributed by atoms with E-state index >= 15 is 0 Å². The molecule has 112 valence electrons. The number of benzene rings is 2. The van der Waals surface area contributed by atoms with Gasteiger partial charge in [-0.2, -0.15) is 0 Å². The molecule has 0 spiro atoms. The Morgan fingerprint density at radius 3 is 2.64 bits per heavy atom. The maximum absolute atomic E-state index is 12.3. The van der Waals surface area contributed by atoms with Crippen molar-refractivity contribution in [1.29, 1.82) is 0 Å². The molecule has 0 bridgehead atoms. The highest BCUT2D eigenvalue weighted by Gasteiger charge is 2.27. The third-order valence-electron chi connectivity index (χ3n) is 3.91. The van der Waals surface area contributed by atoms with Gasteiger partial charge in [-0.15, -0.1) is 0 Å². The minimum absolute atomic E-state index is 0.195. The van der Waals surface area contributed by atoms with Gasteiger partial charge in [-0.3, -0.25) is 4.79 Å². The fraction of sp³-hybridized carbons (Fsp3) is 0.235. The van der Waals surface area contributed by atoms with Crippen LogP contribution in [0, 0.1) is 0 Å². The molecule has 3 rings (SSSR count). The zero-order chi connectivity index (χ0) is 15.7. The monoisotopic (exact) mass is 295 g/mol. The van der Waals surface area contributed by atoms with E-state index in [1.54, 1.807) is 12.1 Å². The van der Waals surface area contributed by atoms with E-state index in [4.69, 9.17) is 4.65 Å². The second-order valence-electron chi connectivity index (χ2n) is 5.81. The highest BCUT2D eigenvalue weighted by Crippen LogP contribution is 2.18. The van der Waals surface area contributed by atoms with E-state index in [1.807, 2.05) is 30.3 Å². The van der Waals surface area contributed by atoms with Gasteiger partial charge in [0, 0.05) is 11.3 Å². The molecule has 1 aliphatic rings. The number of amides is 1. The first-order chi connectivity index (χ1) is 10.5. The lowest BCUT2D eigenvalue weighted by Gasteiger charge is -2.09. The average molecular weight is 295 g/mol. The van der Waals surface area contributed by atoms with Gasteiger partial charge >= 0.3 is 7.12 Å². The topological polar surface area (TPSA) is 58.6 Å². The van der Waals surface area contributed by atoms with E-state index in [1.165, 1.54) is 5.56 Å². The Labute approximate surface area is 130 Å². The molecule has 0 aliphatic carbocycles. The highest BCUT2D eigenvalue weighted by atomic mass is 16.5. The summed E-state index contributed by atoms with van der Waals surface area (Å²) in [4.78, 5) is 12.3. The Balaban J connectivity index is 1.76. The molecule has 1 amide bonds. The highest BCUT2D eigenvalue weighted by molar-refractivity contribution is 6.61. The van der Waals surface area contributed by atoms with Crippen molar-refractivity contribution in [2.75, 3.05) is 5.32 Å². The van der Waals surface area contributed by atoms with Crippen LogP contribution in [0.4, 0.5) is 5.69 Å². The summed E-state index contributed by atoms with van der Waals surface area (Å²) in [5.41, 5.74) is 4.09. The molecule has 0 saturated heterocycles. The molecule has 0 radical (unpaired) electrons. The average Bonchev–Trinajstić information content (AvgIpc) is 2.88. The molecule has 1 heterocycles. The summed E-state index contributed by atoms with van der Waals surface area (Å²) in [6.07, 6.45) is 0. The molecular weight excluding hydrogens is 277 g/mol. The van der Waals surface area contributed by atoms with Gasteiger partial charge in [-0.1, -0.05) is 32.0 Å². The van der Waals surface area contributed by atoms with Crippen LogP contribution in [0.15, 0.2) is 42.5 Å². The van der Waals surface area contributed by atoms with Crippen molar-refractivity contribution in [3.05, 3.63) is 59.2 Å². The molecule has 1 aliphatic heterocycles. The van der Waals surface area contributed by atoms with Crippen LogP contribution in [0.5, 0.6) is 0 Å². The van der Waals surface area contributed by atoms with Crippen LogP contribution in [0.25, 0.3) is 0 Å². The fourth-order valence-electron chi connectivity index (χ4n) is 2.51. The minimum atomic E-state index is -0.937. The Hall–Kier alpha value is -2.11. The van der Waals surface area contributed by atoms with Crippen LogP contribution in [-0.4, -0.2) is 18.0 Å². The molecule has 0 fully saturated rings.